The van der Waals surface area contributed by atoms with Gasteiger partial charge in [-0.3, -0.25) is 4.98 Å². The van der Waals surface area contributed by atoms with Gasteiger partial charge in [0.05, 0.1) is 11.6 Å². The van der Waals surface area contributed by atoms with Crippen LogP contribution in [0.15, 0.2) is 36.4 Å². The van der Waals surface area contributed by atoms with Crippen LogP contribution in [0, 0.1) is 13.8 Å². The van der Waals surface area contributed by atoms with Gasteiger partial charge in [-0.25, -0.2) is 0 Å². The van der Waals surface area contributed by atoms with Crippen LogP contribution in [-0.2, 0) is 6.18 Å². The summed E-state index contributed by atoms with van der Waals surface area (Å²) in [6.07, 6.45) is -4.36. The second-order valence-corrected chi connectivity index (χ2v) is 4.73. The fourth-order valence-corrected chi connectivity index (χ4v) is 2.11. The Labute approximate surface area is 115 Å². The van der Waals surface area contributed by atoms with Gasteiger partial charge in [0.1, 0.15) is 0 Å². The highest BCUT2D eigenvalue weighted by Crippen LogP contribution is 2.31. The third-order valence-corrected chi connectivity index (χ3v) is 3.17. The highest BCUT2D eigenvalue weighted by molar-refractivity contribution is 5.36. The molecule has 0 aliphatic rings. The molecule has 106 valence electrons. The van der Waals surface area contributed by atoms with Crippen LogP contribution in [0.5, 0.6) is 0 Å². The molecular weight excluding hydrogens is 265 g/mol. The maximum Gasteiger partial charge on any atom is 0.416 e. The monoisotopic (exact) mass is 280 g/mol. The predicted molar refractivity (Wildman–Crippen MR) is 71.2 cm³/mol. The highest BCUT2D eigenvalue weighted by Gasteiger charge is 2.30. The Hall–Kier alpha value is -1.88. The lowest BCUT2D eigenvalue weighted by molar-refractivity contribution is -0.137. The van der Waals surface area contributed by atoms with E-state index in [9.17, 15) is 13.2 Å². The van der Waals surface area contributed by atoms with Gasteiger partial charge >= 0.3 is 6.18 Å². The van der Waals surface area contributed by atoms with E-state index in [1.807, 2.05) is 13.0 Å². The summed E-state index contributed by atoms with van der Waals surface area (Å²) >= 11 is 0. The number of hydrogen-bond acceptors (Lipinski definition) is 2. The Bertz CT molecular complexity index is 621. The van der Waals surface area contributed by atoms with Crippen molar-refractivity contribution in [3.05, 3.63) is 64.5 Å². The Kier molecular flexibility index (Phi) is 3.81. The van der Waals surface area contributed by atoms with Crippen LogP contribution >= 0.6 is 0 Å². The van der Waals surface area contributed by atoms with Gasteiger partial charge in [0.2, 0.25) is 0 Å². The molecule has 1 unspecified atom stereocenters. The van der Waals surface area contributed by atoms with E-state index in [2.05, 4.69) is 4.98 Å². The molecule has 1 aromatic heterocycles. The van der Waals surface area contributed by atoms with Crippen molar-refractivity contribution >= 4 is 0 Å². The third-order valence-electron chi connectivity index (χ3n) is 3.17. The lowest BCUT2D eigenvalue weighted by Gasteiger charge is -2.16. The molecule has 20 heavy (non-hydrogen) atoms. The van der Waals surface area contributed by atoms with Crippen LogP contribution < -0.4 is 5.73 Å². The molecule has 2 N–H and O–H groups in total. The van der Waals surface area contributed by atoms with E-state index in [0.717, 1.165) is 29.1 Å². The number of alkyl halides is 3. The van der Waals surface area contributed by atoms with Crippen molar-refractivity contribution in [3.63, 3.8) is 0 Å². The number of hydrogen-bond donors (Lipinski definition) is 1. The van der Waals surface area contributed by atoms with E-state index in [-0.39, 0.29) is 0 Å². The quantitative estimate of drug-likeness (QED) is 0.909. The fourth-order valence-electron chi connectivity index (χ4n) is 2.11. The summed E-state index contributed by atoms with van der Waals surface area (Å²) in [5.41, 5.74) is 8.12. The van der Waals surface area contributed by atoms with E-state index >= 15 is 0 Å². The SMILES string of the molecule is Cc1ccc(C(N)c2cccc(C(F)(F)F)c2)c(C)n1. The van der Waals surface area contributed by atoms with E-state index in [4.69, 9.17) is 5.73 Å². The van der Waals surface area contributed by atoms with E-state index < -0.39 is 17.8 Å². The first-order chi connectivity index (χ1) is 9.29. The molecule has 2 rings (SSSR count). The maximum absolute atomic E-state index is 12.7. The Morgan fingerprint density at radius 3 is 2.40 bits per heavy atom. The molecule has 2 nitrogen and oxygen atoms in total. The second-order valence-electron chi connectivity index (χ2n) is 4.73. The second kappa shape index (κ2) is 5.25. The van der Waals surface area contributed by atoms with Gasteiger partial charge < -0.3 is 5.73 Å². The van der Waals surface area contributed by atoms with Crippen LogP contribution in [0.1, 0.15) is 34.1 Å². The van der Waals surface area contributed by atoms with Crippen molar-refractivity contribution in [2.45, 2.75) is 26.1 Å². The van der Waals surface area contributed by atoms with Gasteiger partial charge in [-0.1, -0.05) is 18.2 Å². The van der Waals surface area contributed by atoms with Crippen molar-refractivity contribution in [2.75, 3.05) is 0 Å². The zero-order valence-corrected chi connectivity index (χ0v) is 11.2. The van der Waals surface area contributed by atoms with Gasteiger partial charge in [-0.05, 0) is 43.2 Å². The molecule has 1 heterocycles. The zero-order chi connectivity index (χ0) is 14.9. The summed E-state index contributed by atoms with van der Waals surface area (Å²) in [5.74, 6) is 0. The van der Waals surface area contributed by atoms with Crippen molar-refractivity contribution in [1.29, 1.82) is 0 Å². The molecule has 0 amide bonds. The molecule has 1 aromatic carbocycles. The highest BCUT2D eigenvalue weighted by atomic mass is 19.4. The summed E-state index contributed by atoms with van der Waals surface area (Å²) in [5, 5.41) is 0. The molecule has 0 aliphatic carbocycles. The normalized spacial score (nSPS) is 13.3. The Morgan fingerprint density at radius 1 is 1.10 bits per heavy atom. The lowest BCUT2D eigenvalue weighted by Crippen LogP contribution is -2.15. The van der Waals surface area contributed by atoms with Gasteiger partial charge in [-0.2, -0.15) is 13.2 Å². The molecule has 0 saturated heterocycles. The third kappa shape index (κ3) is 2.99. The van der Waals surface area contributed by atoms with Crippen molar-refractivity contribution in [3.8, 4) is 0 Å². The first-order valence-electron chi connectivity index (χ1n) is 6.16. The Morgan fingerprint density at radius 2 is 1.80 bits per heavy atom. The van der Waals surface area contributed by atoms with E-state index in [1.165, 1.54) is 6.07 Å². The minimum Gasteiger partial charge on any atom is -0.320 e. The van der Waals surface area contributed by atoms with Crippen LogP contribution in [0.4, 0.5) is 13.2 Å². The zero-order valence-electron chi connectivity index (χ0n) is 11.2. The van der Waals surface area contributed by atoms with Crippen LogP contribution in [0.3, 0.4) is 0 Å². The molecule has 0 bridgehead atoms. The summed E-state index contributed by atoms with van der Waals surface area (Å²) in [4.78, 5) is 4.29. The summed E-state index contributed by atoms with van der Waals surface area (Å²) in [6.45, 7) is 3.66. The fraction of sp³-hybridized carbons (Fsp3) is 0.267. The summed E-state index contributed by atoms with van der Waals surface area (Å²) < 4.78 is 38.1. The lowest BCUT2D eigenvalue weighted by atomic mass is 9.96. The minimum absolute atomic E-state index is 0.425. The summed E-state index contributed by atoms with van der Waals surface area (Å²) in [6, 6.07) is 8.08. The molecule has 5 heteroatoms. The number of benzene rings is 1. The molecule has 0 radical (unpaired) electrons. The molecular formula is C15H15F3N2. The van der Waals surface area contributed by atoms with Crippen LogP contribution in [0.2, 0.25) is 0 Å². The van der Waals surface area contributed by atoms with Gasteiger partial charge in [-0.15, -0.1) is 0 Å². The Balaban J connectivity index is 2.41. The van der Waals surface area contributed by atoms with Gasteiger partial charge in [0, 0.05) is 11.4 Å². The average Bonchev–Trinajstić information content (AvgIpc) is 2.37. The molecule has 0 saturated carbocycles. The average molecular weight is 280 g/mol. The number of pyridine rings is 1. The van der Waals surface area contributed by atoms with Gasteiger partial charge in [0.25, 0.3) is 0 Å². The van der Waals surface area contributed by atoms with Crippen LogP contribution in [0.25, 0.3) is 0 Å². The van der Waals surface area contributed by atoms with Crippen molar-refractivity contribution in [2.24, 2.45) is 5.73 Å². The standard InChI is InChI=1S/C15H15F3N2/c1-9-6-7-13(10(2)20-9)14(19)11-4-3-5-12(8-11)15(16,17)18/h3-8,14H,19H2,1-2H3. The first-order valence-corrected chi connectivity index (χ1v) is 6.16. The number of nitrogens with zero attached hydrogens (tertiary/aromatic N) is 1. The summed E-state index contributed by atoms with van der Waals surface area (Å²) in [7, 11) is 0. The smallest absolute Gasteiger partial charge is 0.320 e. The molecule has 2 aromatic rings. The van der Waals surface area contributed by atoms with Gasteiger partial charge in [0.15, 0.2) is 0 Å². The van der Waals surface area contributed by atoms with Crippen molar-refractivity contribution in [1.82, 2.24) is 4.98 Å². The van der Waals surface area contributed by atoms with Crippen molar-refractivity contribution < 1.29 is 13.2 Å². The topological polar surface area (TPSA) is 38.9 Å². The maximum atomic E-state index is 12.7. The predicted octanol–water partition coefficient (Wildman–Crippen LogP) is 3.77. The first kappa shape index (κ1) is 14.5. The number of aromatic nitrogens is 1. The molecule has 0 aliphatic heterocycles. The minimum atomic E-state index is -4.36. The number of nitrogens with two attached hydrogens (primary N) is 1. The molecule has 0 fully saturated rings. The number of rotatable bonds is 2. The van der Waals surface area contributed by atoms with Crippen LogP contribution in [-0.4, -0.2) is 4.98 Å². The molecule has 1 atom stereocenters. The number of aryl methyl sites for hydroxylation is 2. The molecule has 0 spiro atoms. The number of halogens is 3. The largest absolute Gasteiger partial charge is 0.416 e. The van der Waals surface area contributed by atoms with E-state index in [1.54, 1.807) is 19.1 Å². The van der Waals surface area contributed by atoms with E-state index in [0.29, 0.717) is 5.56 Å².